The van der Waals surface area contributed by atoms with Gasteiger partial charge in [-0.25, -0.2) is 4.79 Å². The second kappa shape index (κ2) is 19.6. The molecule has 3 fully saturated rings. The van der Waals surface area contributed by atoms with Crippen LogP contribution in [-0.2, 0) is 24.4 Å². The number of ether oxygens (including phenoxy) is 2. The van der Waals surface area contributed by atoms with Crippen molar-refractivity contribution in [3.8, 4) is 5.75 Å². The van der Waals surface area contributed by atoms with E-state index in [1.54, 1.807) is 5.57 Å². The summed E-state index contributed by atoms with van der Waals surface area (Å²) in [5.41, 5.74) is 5.60. The van der Waals surface area contributed by atoms with Gasteiger partial charge in [0.1, 0.15) is 11.9 Å². The number of aromatic nitrogens is 2. The van der Waals surface area contributed by atoms with Gasteiger partial charge in [0.15, 0.2) is 0 Å². The molecule has 3 saturated carbocycles. The zero-order valence-corrected chi connectivity index (χ0v) is 36.3. The standard InChI is InChI=1S/C51H72N4O3/c1-37(2)14-12-15-38(3)46-22-23-47-45-21-20-40-33-44(24-26-50(40,4)48(45)25-27-51(46,47)5)58-49(56)54-30-10-11-31-57-43-19-13-16-39(32-43)34-55(35-41-17-6-8-28-52-41)36-42-18-7-9-29-53-42/h6-9,13,16-20,28-29,32,37-38,44-48H,10-12,14-15,21-27,30-31,33-36H2,1-5H3,(H,54,56)/t38-,44+,45+,46-,47+,48+,50+,51-/m1/s1. The lowest BCUT2D eigenvalue weighted by Crippen LogP contribution is -2.51. The Morgan fingerprint density at radius 2 is 1.62 bits per heavy atom. The molecular weight excluding hydrogens is 717 g/mol. The first-order valence-corrected chi connectivity index (χ1v) is 23.0. The fourth-order valence-corrected chi connectivity index (χ4v) is 12.2. The summed E-state index contributed by atoms with van der Waals surface area (Å²) in [4.78, 5) is 24.4. The number of unbranched alkanes of at least 4 members (excludes halogenated alkanes) is 1. The van der Waals surface area contributed by atoms with Crippen molar-refractivity contribution in [3.63, 3.8) is 0 Å². The molecule has 2 aromatic heterocycles. The first kappa shape index (κ1) is 42.4. The predicted molar refractivity (Wildman–Crippen MR) is 234 cm³/mol. The summed E-state index contributed by atoms with van der Waals surface area (Å²) in [7, 11) is 0. The Morgan fingerprint density at radius 1 is 0.845 bits per heavy atom. The Labute approximate surface area is 350 Å². The molecule has 314 valence electrons. The first-order chi connectivity index (χ1) is 28.1. The van der Waals surface area contributed by atoms with Gasteiger partial charge in [0.25, 0.3) is 0 Å². The number of hydrogen-bond donors (Lipinski definition) is 1. The second-order valence-corrected chi connectivity index (χ2v) is 19.5. The van der Waals surface area contributed by atoms with Crippen molar-refractivity contribution in [1.82, 2.24) is 20.2 Å². The third-order valence-corrected chi connectivity index (χ3v) is 15.2. The molecule has 8 atom stereocenters. The summed E-state index contributed by atoms with van der Waals surface area (Å²) in [6, 6.07) is 20.4. The number of carbonyl (C=O) groups is 1. The largest absolute Gasteiger partial charge is 0.494 e. The predicted octanol–water partition coefficient (Wildman–Crippen LogP) is 12.0. The van der Waals surface area contributed by atoms with Crippen LogP contribution in [0.4, 0.5) is 4.79 Å². The Bertz CT molecular complexity index is 1740. The number of alkyl carbamates (subject to hydrolysis) is 1. The van der Waals surface area contributed by atoms with E-state index in [1.165, 1.54) is 56.9 Å². The van der Waals surface area contributed by atoms with Gasteiger partial charge in [0.2, 0.25) is 0 Å². The molecule has 1 aromatic carbocycles. The normalized spacial score (nSPS) is 28.3. The van der Waals surface area contributed by atoms with Gasteiger partial charge in [0.05, 0.1) is 18.0 Å². The van der Waals surface area contributed by atoms with Gasteiger partial charge in [-0.1, -0.05) is 89.8 Å². The number of amides is 1. The number of benzene rings is 1. The highest BCUT2D eigenvalue weighted by atomic mass is 16.6. The van der Waals surface area contributed by atoms with Crippen LogP contribution in [0.15, 0.2) is 84.7 Å². The Morgan fingerprint density at radius 3 is 2.34 bits per heavy atom. The van der Waals surface area contributed by atoms with Gasteiger partial charge in [0, 0.05) is 45.0 Å². The second-order valence-electron chi connectivity index (χ2n) is 19.5. The van der Waals surface area contributed by atoms with Crippen LogP contribution in [0.1, 0.15) is 135 Å². The Balaban J connectivity index is 0.824. The van der Waals surface area contributed by atoms with E-state index in [0.29, 0.717) is 18.6 Å². The summed E-state index contributed by atoms with van der Waals surface area (Å²) < 4.78 is 12.2. The SMILES string of the molecule is CC(C)CCC[C@@H](C)[C@H]1CC[C@H]2[C@@H]3CC=C4C[C@@H](OC(=O)NCCCCOc5cccc(CN(Cc6ccccn6)Cc6ccccn6)c5)CC[C@]4(C)[C@H]3CC[C@]12C. The molecule has 7 heteroatoms. The van der Waals surface area contributed by atoms with E-state index < -0.39 is 0 Å². The average molecular weight is 789 g/mol. The fourth-order valence-electron chi connectivity index (χ4n) is 12.2. The van der Waals surface area contributed by atoms with E-state index in [4.69, 9.17) is 9.47 Å². The zero-order chi connectivity index (χ0) is 40.5. The maximum Gasteiger partial charge on any atom is 0.407 e. The highest BCUT2D eigenvalue weighted by molar-refractivity contribution is 5.67. The summed E-state index contributed by atoms with van der Waals surface area (Å²) in [5, 5.41) is 3.03. The minimum absolute atomic E-state index is 0.0215. The molecule has 1 amide bonds. The van der Waals surface area contributed by atoms with Gasteiger partial charge >= 0.3 is 6.09 Å². The minimum atomic E-state index is -0.273. The van der Waals surface area contributed by atoms with Crippen LogP contribution in [-0.4, -0.2) is 40.2 Å². The summed E-state index contributed by atoms with van der Waals surface area (Å²) in [5.74, 6) is 5.90. The Kier molecular flexibility index (Phi) is 14.3. The molecule has 7 nitrogen and oxygen atoms in total. The van der Waals surface area contributed by atoms with Crippen molar-refractivity contribution in [2.24, 2.45) is 46.3 Å². The maximum atomic E-state index is 12.9. The van der Waals surface area contributed by atoms with Crippen molar-refractivity contribution < 1.29 is 14.3 Å². The molecule has 0 saturated heterocycles. The van der Waals surface area contributed by atoms with Gasteiger partial charge in [-0.2, -0.15) is 0 Å². The summed E-state index contributed by atoms with van der Waals surface area (Å²) >= 11 is 0. The van der Waals surface area contributed by atoms with Crippen LogP contribution in [0.3, 0.4) is 0 Å². The van der Waals surface area contributed by atoms with E-state index in [1.807, 2.05) is 42.7 Å². The van der Waals surface area contributed by atoms with Crippen LogP contribution >= 0.6 is 0 Å². The van der Waals surface area contributed by atoms with E-state index in [0.717, 1.165) is 104 Å². The smallest absolute Gasteiger partial charge is 0.407 e. The number of allylic oxidation sites excluding steroid dienone is 1. The van der Waals surface area contributed by atoms with Crippen molar-refractivity contribution in [1.29, 1.82) is 0 Å². The quantitative estimate of drug-likeness (QED) is 0.102. The van der Waals surface area contributed by atoms with E-state index >= 15 is 0 Å². The van der Waals surface area contributed by atoms with E-state index in [-0.39, 0.29) is 17.6 Å². The van der Waals surface area contributed by atoms with Gasteiger partial charge in [-0.05, 0) is 146 Å². The molecule has 58 heavy (non-hydrogen) atoms. The van der Waals surface area contributed by atoms with E-state index in [2.05, 4.69) is 91.2 Å². The van der Waals surface area contributed by atoms with Crippen molar-refractivity contribution in [2.75, 3.05) is 13.2 Å². The van der Waals surface area contributed by atoms with Crippen LogP contribution in [0.25, 0.3) is 0 Å². The van der Waals surface area contributed by atoms with Crippen molar-refractivity contribution >= 4 is 6.09 Å². The van der Waals surface area contributed by atoms with E-state index in [9.17, 15) is 4.79 Å². The third kappa shape index (κ3) is 10.3. The van der Waals surface area contributed by atoms with Crippen LogP contribution < -0.4 is 10.1 Å². The molecule has 0 spiro atoms. The number of pyridine rings is 2. The Hall–Kier alpha value is -3.71. The van der Waals surface area contributed by atoms with Crippen LogP contribution in [0.5, 0.6) is 5.75 Å². The molecule has 0 radical (unpaired) electrons. The molecule has 0 bridgehead atoms. The minimum Gasteiger partial charge on any atom is -0.494 e. The van der Waals surface area contributed by atoms with Crippen LogP contribution in [0, 0.1) is 46.3 Å². The third-order valence-electron chi connectivity index (χ3n) is 15.2. The number of fused-ring (bicyclic) bond motifs is 5. The summed E-state index contributed by atoms with van der Waals surface area (Å²) in [6.07, 6.45) is 21.8. The van der Waals surface area contributed by atoms with Crippen LogP contribution in [0.2, 0.25) is 0 Å². The number of rotatable bonds is 18. The molecule has 0 aliphatic heterocycles. The first-order valence-electron chi connectivity index (χ1n) is 23.0. The average Bonchev–Trinajstić information content (AvgIpc) is 3.57. The fraction of sp³-hybridized carbons (Fsp3) is 0.627. The molecule has 0 unspecified atom stereocenters. The molecule has 7 rings (SSSR count). The molecule has 4 aliphatic rings. The lowest BCUT2D eigenvalue weighted by Gasteiger charge is -2.58. The molecule has 1 N–H and O–H groups in total. The molecule has 3 aromatic rings. The van der Waals surface area contributed by atoms with Crippen molar-refractivity contribution in [2.45, 2.75) is 144 Å². The highest BCUT2D eigenvalue weighted by Gasteiger charge is 2.59. The van der Waals surface area contributed by atoms with Gasteiger partial charge in [-0.15, -0.1) is 0 Å². The number of hydrogen-bond acceptors (Lipinski definition) is 6. The lowest BCUT2D eigenvalue weighted by atomic mass is 9.47. The molecule has 4 aliphatic carbocycles. The molecule has 2 heterocycles. The maximum absolute atomic E-state index is 12.9. The van der Waals surface area contributed by atoms with Gasteiger partial charge in [-0.3, -0.25) is 14.9 Å². The van der Waals surface area contributed by atoms with Crippen molar-refractivity contribution in [3.05, 3.63) is 102 Å². The lowest BCUT2D eigenvalue weighted by molar-refractivity contribution is -0.0581. The van der Waals surface area contributed by atoms with Gasteiger partial charge < -0.3 is 14.8 Å². The molecular formula is C51H72N4O3. The highest BCUT2D eigenvalue weighted by Crippen LogP contribution is 2.67. The topological polar surface area (TPSA) is 76.6 Å². The zero-order valence-electron chi connectivity index (χ0n) is 36.3. The number of nitrogens with zero attached hydrogens (tertiary/aromatic N) is 3. The summed E-state index contributed by atoms with van der Waals surface area (Å²) in [6.45, 7) is 16.0. The monoisotopic (exact) mass is 789 g/mol. The number of carbonyl (C=O) groups excluding carboxylic acids is 1. The number of nitrogens with one attached hydrogen (secondary N) is 1.